The summed E-state index contributed by atoms with van der Waals surface area (Å²) in [5.74, 6) is -0.0485. The van der Waals surface area contributed by atoms with E-state index in [9.17, 15) is 14.9 Å². The van der Waals surface area contributed by atoms with Gasteiger partial charge in [0.1, 0.15) is 12.4 Å². The summed E-state index contributed by atoms with van der Waals surface area (Å²) in [5.41, 5.74) is 2.36. The molecule has 2 heterocycles. The summed E-state index contributed by atoms with van der Waals surface area (Å²) >= 11 is 0. The summed E-state index contributed by atoms with van der Waals surface area (Å²) in [7, 11) is 0. The smallest absolute Gasteiger partial charge is 0.340 e. The van der Waals surface area contributed by atoms with Crippen LogP contribution < -0.4 is 0 Å². The minimum atomic E-state index is -0.475. The van der Waals surface area contributed by atoms with Crippen LogP contribution in [-0.2, 0) is 11.3 Å². The number of para-hydroxylation sites is 1. The Morgan fingerprint density at radius 1 is 1.20 bits per heavy atom. The van der Waals surface area contributed by atoms with Gasteiger partial charge in [0, 0.05) is 29.2 Å². The molecule has 0 saturated heterocycles. The predicted octanol–water partition coefficient (Wildman–Crippen LogP) is 3.31. The van der Waals surface area contributed by atoms with E-state index in [2.05, 4.69) is 15.0 Å². The monoisotopic (exact) mass is 336 g/mol. The van der Waals surface area contributed by atoms with Gasteiger partial charge in [-0.15, -0.1) is 0 Å². The first-order valence-corrected chi connectivity index (χ1v) is 7.48. The Kier molecular flexibility index (Phi) is 3.42. The number of carbonyl (C=O) groups is 1. The van der Waals surface area contributed by atoms with Crippen molar-refractivity contribution in [3.8, 4) is 0 Å². The number of aromatic nitrogens is 3. The third-order valence-corrected chi connectivity index (χ3v) is 3.87. The van der Waals surface area contributed by atoms with Crippen LogP contribution in [0.5, 0.6) is 0 Å². The van der Waals surface area contributed by atoms with Crippen LogP contribution >= 0.6 is 0 Å². The second kappa shape index (κ2) is 5.75. The number of rotatable bonds is 4. The fourth-order valence-electron chi connectivity index (χ4n) is 2.68. The maximum atomic E-state index is 12.3. The predicted molar refractivity (Wildman–Crippen MR) is 90.2 cm³/mol. The van der Waals surface area contributed by atoms with E-state index in [1.165, 1.54) is 12.1 Å². The standard InChI is InChI=1S/C17H12N4O4/c22-17(12-8-18-13-4-2-1-3-11(12)13)25-9-16-19-14-6-5-10(21(23)24)7-15(14)20-16/h1-8,18H,9H2,(H,19,20). The van der Waals surface area contributed by atoms with Crippen molar-refractivity contribution in [1.29, 1.82) is 0 Å². The van der Waals surface area contributed by atoms with Crippen molar-refractivity contribution in [1.82, 2.24) is 15.0 Å². The summed E-state index contributed by atoms with van der Waals surface area (Å²) in [5, 5.41) is 11.6. The van der Waals surface area contributed by atoms with Crippen molar-refractivity contribution >= 4 is 33.6 Å². The van der Waals surface area contributed by atoms with Crippen LogP contribution in [0.25, 0.3) is 21.9 Å². The van der Waals surface area contributed by atoms with E-state index >= 15 is 0 Å². The molecule has 0 fully saturated rings. The minimum Gasteiger partial charge on any atom is -0.454 e. The van der Waals surface area contributed by atoms with E-state index in [1.54, 1.807) is 12.3 Å². The molecule has 0 bridgehead atoms. The number of ether oxygens (including phenoxy) is 1. The number of benzene rings is 2. The lowest BCUT2D eigenvalue weighted by Gasteiger charge is -2.01. The van der Waals surface area contributed by atoms with Gasteiger partial charge in [-0.05, 0) is 12.1 Å². The molecule has 0 aliphatic heterocycles. The molecule has 4 aromatic rings. The summed E-state index contributed by atoms with van der Waals surface area (Å²) in [6.07, 6.45) is 1.61. The number of non-ortho nitro benzene ring substituents is 1. The largest absolute Gasteiger partial charge is 0.454 e. The summed E-state index contributed by atoms with van der Waals surface area (Å²) < 4.78 is 5.30. The number of hydrogen-bond donors (Lipinski definition) is 2. The zero-order valence-electron chi connectivity index (χ0n) is 12.9. The number of fused-ring (bicyclic) bond motifs is 2. The molecule has 8 nitrogen and oxygen atoms in total. The molecule has 2 aromatic carbocycles. The lowest BCUT2D eigenvalue weighted by Crippen LogP contribution is -2.05. The van der Waals surface area contributed by atoms with Crippen molar-refractivity contribution in [3.63, 3.8) is 0 Å². The number of carbonyl (C=O) groups excluding carboxylic acids is 1. The third kappa shape index (κ3) is 2.69. The molecule has 0 atom stereocenters. The Morgan fingerprint density at radius 2 is 2.04 bits per heavy atom. The third-order valence-electron chi connectivity index (χ3n) is 3.87. The van der Waals surface area contributed by atoms with Crippen LogP contribution in [0.1, 0.15) is 16.2 Å². The molecule has 25 heavy (non-hydrogen) atoms. The highest BCUT2D eigenvalue weighted by molar-refractivity contribution is 6.03. The van der Waals surface area contributed by atoms with Gasteiger partial charge in [-0.2, -0.15) is 0 Å². The average Bonchev–Trinajstić information content (AvgIpc) is 3.22. The maximum absolute atomic E-state index is 12.3. The van der Waals surface area contributed by atoms with Crippen molar-refractivity contribution in [2.75, 3.05) is 0 Å². The average molecular weight is 336 g/mol. The van der Waals surface area contributed by atoms with Gasteiger partial charge in [0.2, 0.25) is 0 Å². The zero-order valence-corrected chi connectivity index (χ0v) is 12.9. The molecule has 0 amide bonds. The quantitative estimate of drug-likeness (QED) is 0.337. The fraction of sp³-hybridized carbons (Fsp3) is 0.0588. The number of nitro benzene ring substituents is 1. The lowest BCUT2D eigenvalue weighted by molar-refractivity contribution is -0.384. The second-order valence-corrected chi connectivity index (χ2v) is 5.47. The molecule has 0 unspecified atom stereocenters. The number of nitrogens with zero attached hydrogens (tertiary/aromatic N) is 2. The number of nitro groups is 1. The molecule has 2 aromatic heterocycles. The van der Waals surface area contributed by atoms with E-state index in [1.807, 2.05) is 24.3 Å². The number of hydrogen-bond acceptors (Lipinski definition) is 5. The van der Waals surface area contributed by atoms with Crippen LogP contribution in [-0.4, -0.2) is 25.8 Å². The topological polar surface area (TPSA) is 114 Å². The van der Waals surface area contributed by atoms with E-state index < -0.39 is 10.9 Å². The highest BCUT2D eigenvalue weighted by Gasteiger charge is 2.15. The molecule has 8 heteroatoms. The van der Waals surface area contributed by atoms with Gasteiger partial charge < -0.3 is 14.7 Å². The number of H-pyrrole nitrogens is 2. The molecule has 4 rings (SSSR count). The van der Waals surface area contributed by atoms with Crippen LogP contribution in [0.3, 0.4) is 0 Å². The van der Waals surface area contributed by atoms with Gasteiger partial charge in [-0.25, -0.2) is 9.78 Å². The van der Waals surface area contributed by atoms with Crippen LogP contribution in [0.15, 0.2) is 48.7 Å². The van der Waals surface area contributed by atoms with Crippen LogP contribution in [0, 0.1) is 10.1 Å². The van der Waals surface area contributed by atoms with E-state index in [0.717, 1.165) is 10.9 Å². The molecule has 0 spiro atoms. The van der Waals surface area contributed by atoms with Crippen molar-refractivity contribution in [2.24, 2.45) is 0 Å². The number of esters is 1. The lowest BCUT2D eigenvalue weighted by atomic mass is 10.2. The zero-order chi connectivity index (χ0) is 17.4. The Hall–Kier alpha value is -3.68. The Labute approximate surface area is 140 Å². The molecular weight excluding hydrogens is 324 g/mol. The van der Waals surface area contributed by atoms with Crippen LogP contribution in [0.4, 0.5) is 5.69 Å². The van der Waals surface area contributed by atoms with Gasteiger partial charge in [0.15, 0.2) is 0 Å². The normalized spacial score (nSPS) is 11.0. The molecule has 124 valence electrons. The SMILES string of the molecule is O=C(OCc1nc2ccc([N+](=O)[O-])cc2[nH]1)c1c[nH]c2ccccc12. The van der Waals surface area contributed by atoms with Crippen LogP contribution in [0.2, 0.25) is 0 Å². The Bertz CT molecular complexity index is 1110. The van der Waals surface area contributed by atoms with Crippen molar-refractivity contribution in [3.05, 3.63) is 70.2 Å². The van der Waals surface area contributed by atoms with Gasteiger partial charge >= 0.3 is 5.97 Å². The van der Waals surface area contributed by atoms with Gasteiger partial charge in [0.25, 0.3) is 5.69 Å². The fourth-order valence-corrected chi connectivity index (χ4v) is 2.68. The Balaban J connectivity index is 1.53. The molecule has 0 aliphatic rings. The van der Waals surface area contributed by atoms with Gasteiger partial charge in [0.05, 0.1) is 21.5 Å². The molecular formula is C17H12N4O4. The number of nitrogens with one attached hydrogen (secondary N) is 2. The van der Waals surface area contributed by atoms with E-state index in [0.29, 0.717) is 22.4 Å². The van der Waals surface area contributed by atoms with Gasteiger partial charge in [-0.1, -0.05) is 18.2 Å². The minimum absolute atomic E-state index is 0.0292. The summed E-state index contributed by atoms with van der Waals surface area (Å²) in [4.78, 5) is 32.8. The highest BCUT2D eigenvalue weighted by atomic mass is 16.6. The van der Waals surface area contributed by atoms with E-state index in [4.69, 9.17) is 4.74 Å². The van der Waals surface area contributed by atoms with Crippen molar-refractivity contribution < 1.29 is 14.5 Å². The first-order valence-electron chi connectivity index (χ1n) is 7.48. The summed E-state index contributed by atoms with van der Waals surface area (Å²) in [6, 6.07) is 11.8. The number of imidazole rings is 1. The highest BCUT2D eigenvalue weighted by Crippen LogP contribution is 2.21. The molecule has 0 radical (unpaired) electrons. The van der Waals surface area contributed by atoms with Crippen molar-refractivity contribution in [2.45, 2.75) is 6.61 Å². The van der Waals surface area contributed by atoms with E-state index in [-0.39, 0.29) is 12.3 Å². The maximum Gasteiger partial charge on any atom is 0.340 e. The second-order valence-electron chi connectivity index (χ2n) is 5.47. The first-order chi connectivity index (χ1) is 12.1. The number of aromatic amines is 2. The summed E-state index contributed by atoms with van der Waals surface area (Å²) in [6.45, 7) is -0.0547. The molecule has 0 aliphatic carbocycles. The molecule has 2 N–H and O–H groups in total. The first kappa shape index (κ1) is 14.9. The van der Waals surface area contributed by atoms with Gasteiger partial charge in [-0.3, -0.25) is 10.1 Å². The molecule has 0 saturated carbocycles. The Morgan fingerprint density at radius 3 is 2.88 bits per heavy atom.